The number of rotatable bonds is 2. The van der Waals surface area contributed by atoms with Crippen molar-refractivity contribution in [3.63, 3.8) is 0 Å². The van der Waals surface area contributed by atoms with E-state index in [0.29, 0.717) is 16.5 Å². The highest BCUT2D eigenvalue weighted by atomic mass is 35.5. The molecule has 1 N–H and O–H groups in total. The normalized spacial score (nSPS) is 9.69. The Labute approximate surface area is 97.2 Å². The first-order chi connectivity index (χ1) is 7.47. The number of hydrogen-bond donors (Lipinski definition) is 1. The molecule has 0 atom stereocenters. The van der Waals surface area contributed by atoms with E-state index in [1.165, 1.54) is 26.3 Å². The van der Waals surface area contributed by atoms with E-state index in [1.807, 2.05) is 0 Å². The van der Waals surface area contributed by atoms with Crippen LogP contribution in [0.15, 0.2) is 18.2 Å². The minimum atomic E-state index is -1.53. The number of carbonyl (C=O) groups is 2. The summed E-state index contributed by atoms with van der Waals surface area (Å²) in [5.41, 5.74) is 0.347. The predicted octanol–water partition coefficient (Wildman–Crippen LogP) is 1.40. The molecule has 5 nitrogen and oxygen atoms in total. The summed E-state index contributed by atoms with van der Waals surface area (Å²) in [6.07, 6.45) is 0. The number of halogens is 1. The fraction of sp³-hybridized carbons (Fsp3) is 0.200. The second kappa shape index (κ2) is 4.85. The molecule has 0 saturated carbocycles. The SMILES string of the molecule is COc1cc(Cl)ccc1N(C)C(=O)C(=O)O. The number of hydrogen-bond acceptors (Lipinski definition) is 3. The van der Waals surface area contributed by atoms with Crippen molar-refractivity contribution in [1.82, 2.24) is 0 Å². The van der Waals surface area contributed by atoms with Crippen LogP contribution in [0, 0.1) is 0 Å². The van der Waals surface area contributed by atoms with Gasteiger partial charge in [0.2, 0.25) is 0 Å². The second-order valence-electron chi connectivity index (χ2n) is 2.99. The van der Waals surface area contributed by atoms with Crippen LogP contribution in [0.1, 0.15) is 0 Å². The van der Waals surface area contributed by atoms with Crippen LogP contribution >= 0.6 is 11.6 Å². The summed E-state index contributed by atoms with van der Waals surface area (Å²) >= 11 is 5.74. The maximum absolute atomic E-state index is 11.2. The van der Waals surface area contributed by atoms with Gasteiger partial charge in [-0.1, -0.05) is 11.6 Å². The molecule has 0 heterocycles. The van der Waals surface area contributed by atoms with Gasteiger partial charge in [0.15, 0.2) is 0 Å². The average molecular weight is 244 g/mol. The number of carboxylic acids is 1. The number of amides is 1. The standard InChI is InChI=1S/C10H10ClNO4/c1-12(9(13)10(14)15)7-4-3-6(11)5-8(7)16-2/h3-5H,1-2H3,(H,14,15). The summed E-state index contributed by atoms with van der Waals surface area (Å²) in [6.45, 7) is 0. The predicted molar refractivity (Wildman–Crippen MR) is 59.0 cm³/mol. The van der Waals surface area contributed by atoms with Crippen molar-refractivity contribution in [3.05, 3.63) is 23.2 Å². The molecule has 0 fully saturated rings. The van der Waals surface area contributed by atoms with E-state index in [-0.39, 0.29) is 0 Å². The highest BCUT2D eigenvalue weighted by Gasteiger charge is 2.21. The Bertz CT molecular complexity index is 433. The molecule has 0 aliphatic rings. The van der Waals surface area contributed by atoms with Crippen LogP contribution in [0.25, 0.3) is 0 Å². The van der Waals surface area contributed by atoms with E-state index in [4.69, 9.17) is 21.4 Å². The van der Waals surface area contributed by atoms with Crippen LogP contribution in [0.3, 0.4) is 0 Å². The summed E-state index contributed by atoms with van der Waals surface area (Å²) < 4.78 is 5.01. The van der Waals surface area contributed by atoms with Gasteiger partial charge in [0, 0.05) is 18.1 Å². The first-order valence-corrected chi connectivity index (χ1v) is 4.69. The van der Waals surface area contributed by atoms with Crippen LogP contribution in [-0.2, 0) is 9.59 Å². The third-order valence-electron chi connectivity index (χ3n) is 1.99. The van der Waals surface area contributed by atoms with Gasteiger partial charge in [0.05, 0.1) is 12.8 Å². The van der Waals surface area contributed by atoms with Gasteiger partial charge in [-0.3, -0.25) is 4.79 Å². The summed E-state index contributed by atoms with van der Waals surface area (Å²) in [6, 6.07) is 4.57. The highest BCUT2D eigenvalue weighted by molar-refractivity contribution is 6.37. The maximum atomic E-state index is 11.2. The van der Waals surface area contributed by atoms with Crippen molar-refractivity contribution in [2.75, 3.05) is 19.1 Å². The van der Waals surface area contributed by atoms with Crippen molar-refractivity contribution < 1.29 is 19.4 Å². The van der Waals surface area contributed by atoms with Gasteiger partial charge in [0.1, 0.15) is 5.75 Å². The van der Waals surface area contributed by atoms with Crippen LogP contribution in [0.2, 0.25) is 5.02 Å². The molecule has 0 aliphatic heterocycles. The number of methoxy groups -OCH3 is 1. The minimum Gasteiger partial charge on any atom is -0.495 e. The Hall–Kier alpha value is -1.75. The average Bonchev–Trinajstić information content (AvgIpc) is 2.26. The molecule has 1 aromatic rings. The Kier molecular flexibility index (Phi) is 3.73. The van der Waals surface area contributed by atoms with Crippen molar-refractivity contribution in [2.45, 2.75) is 0 Å². The number of benzene rings is 1. The topological polar surface area (TPSA) is 66.8 Å². The van der Waals surface area contributed by atoms with Crippen LogP contribution < -0.4 is 9.64 Å². The lowest BCUT2D eigenvalue weighted by Gasteiger charge is -2.17. The largest absolute Gasteiger partial charge is 0.495 e. The Morgan fingerprint density at radius 3 is 2.56 bits per heavy atom. The highest BCUT2D eigenvalue weighted by Crippen LogP contribution is 2.30. The molecule has 6 heteroatoms. The summed E-state index contributed by atoms with van der Waals surface area (Å²) in [4.78, 5) is 22.7. The van der Waals surface area contributed by atoms with E-state index >= 15 is 0 Å². The molecule has 1 aromatic carbocycles. The van der Waals surface area contributed by atoms with Crippen molar-refractivity contribution in [2.24, 2.45) is 0 Å². The lowest BCUT2D eigenvalue weighted by molar-refractivity contribution is -0.148. The molecular weight excluding hydrogens is 234 g/mol. The van der Waals surface area contributed by atoms with E-state index in [1.54, 1.807) is 6.07 Å². The van der Waals surface area contributed by atoms with Crippen LogP contribution in [-0.4, -0.2) is 31.1 Å². The first-order valence-electron chi connectivity index (χ1n) is 4.32. The molecular formula is C10H10ClNO4. The van der Waals surface area contributed by atoms with Crippen molar-refractivity contribution >= 4 is 29.2 Å². The monoisotopic (exact) mass is 243 g/mol. The Morgan fingerprint density at radius 1 is 1.44 bits per heavy atom. The van der Waals surface area contributed by atoms with E-state index < -0.39 is 11.9 Å². The molecule has 0 aromatic heterocycles. The van der Waals surface area contributed by atoms with E-state index in [2.05, 4.69) is 0 Å². The molecule has 86 valence electrons. The Balaban J connectivity index is 3.12. The lowest BCUT2D eigenvalue weighted by atomic mass is 10.2. The third kappa shape index (κ3) is 2.43. The quantitative estimate of drug-likeness (QED) is 0.798. The van der Waals surface area contributed by atoms with Crippen molar-refractivity contribution in [3.8, 4) is 5.75 Å². The van der Waals surface area contributed by atoms with Crippen molar-refractivity contribution in [1.29, 1.82) is 0 Å². The van der Waals surface area contributed by atoms with Gasteiger partial charge in [-0.05, 0) is 12.1 Å². The fourth-order valence-corrected chi connectivity index (χ4v) is 1.34. The molecule has 1 rings (SSSR count). The minimum absolute atomic E-state index is 0.338. The zero-order valence-corrected chi connectivity index (χ0v) is 9.49. The number of carboxylic acid groups (broad SMARTS) is 1. The molecule has 1 amide bonds. The van der Waals surface area contributed by atoms with Gasteiger partial charge in [-0.15, -0.1) is 0 Å². The van der Waals surface area contributed by atoms with E-state index in [0.717, 1.165) is 4.90 Å². The molecule has 0 saturated heterocycles. The number of likely N-dealkylation sites (N-methyl/N-ethyl adjacent to an activating group) is 1. The molecule has 16 heavy (non-hydrogen) atoms. The van der Waals surface area contributed by atoms with Gasteiger partial charge >= 0.3 is 11.9 Å². The number of carbonyl (C=O) groups excluding carboxylic acids is 1. The smallest absolute Gasteiger partial charge is 0.394 e. The third-order valence-corrected chi connectivity index (χ3v) is 2.23. The summed E-state index contributed by atoms with van der Waals surface area (Å²) in [7, 11) is 2.76. The number of anilines is 1. The number of aliphatic carboxylic acids is 1. The van der Waals surface area contributed by atoms with Crippen LogP contribution in [0.4, 0.5) is 5.69 Å². The summed E-state index contributed by atoms with van der Waals surface area (Å²) in [5, 5.41) is 9.02. The lowest BCUT2D eigenvalue weighted by Crippen LogP contribution is -2.33. The zero-order chi connectivity index (χ0) is 12.3. The van der Waals surface area contributed by atoms with Gasteiger partial charge in [0.25, 0.3) is 0 Å². The molecule has 0 spiro atoms. The van der Waals surface area contributed by atoms with Gasteiger partial charge in [-0.25, -0.2) is 4.79 Å². The number of ether oxygens (including phenoxy) is 1. The molecule has 0 bridgehead atoms. The van der Waals surface area contributed by atoms with E-state index in [9.17, 15) is 9.59 Å². The zero-order valence-electron chi connectivity index (χ0n) is 8.73. The second-order valence-corrected chi connectivity index (χ2v) is 3.42. The molecule has 0 unspecified atom stereocenters. The molecule has 0 aliphatic carbocycles. The first kappa shape index (κ1) is 12.3. The molecule has 0 radical (unpaired) electrons. The summed E-state index contributed by atoms with van der Waals surface area (Å²) in [5.74, 6) is -2.23. The van der Waals surface area contributed by atoms with Crippen LogP contribution in [0.5, 0.6) is 5.75 Å². The maximum Gasteiger partial charge on any atom is 0.394 e. The Morgan fingerprint density at radius 2 is 2.06 bits per heavy atom. The number of nitrogens with zero attached hydrogens (tertiary/aromatic N) is 1. The van der Waals surface area contributed by atoms with Gasteiger partial charge < -0.3 is 14.7 Å². The fourth-order valence-electron chi connectivity index (χ4n) is 1.18. The van der Waals surface area contributed by atoms with Gasteiger partial charge in [-0.2, -0.15) is 0 Å².